The van der Waals surface area contributed by atoms with Crippen LogP contribution in [0.4, 0.5) is 0 Å². The van der Waals surface area contributed by atoms with E-state index in [9.17, 15) is 10.2 Å². The summed E-state index contributed by atoms with van der Waals surface area (Å²) in [6, 6.07) is 15.2. The molecular weight excluding hydrogens is 246 g/mol. The minimum absolute atomic E-state index is 0.194. The van der Waals surface area contributed by atoms with Crippen molar-refractivity contribution in [3.8, 4) is 10.9 Å². The molecule has 0 aliphatic rings. The fourth-order valence-corrected chi connectivity index (χ4v) is 2.95. The lowest BCUT2D eigenvalue weighted by molar-refractivity contribution is -0.664. The van der Waals surface area contributed by atoms with E-state index in [1.54, 1.807) is 16.7 Å². The van der Waals surface area contributed by atoms with Crippen LogP contribution in [0.15, 0.2) is 48.5 Å². The van der Waals surface area contributed by atoms with Gasteiger partial charge in [0.2, 0.25) is 0 Å². The van der Waals surface area contributed by atoms with Crippen molar-refractivity contribution in [2.75, 3.05) is 0 Å². The van der Waals surface area contributed by atoms with Gasteiger partial charge in [-0.05, 0) is 23.5 Å². The summed E-state index contributed by atoms with van der Waals surface area (Å²) in [6.07, 6.45) is 0. The Kier molecular flexibility index (Phi) is 2.64. The first-order chi connectivity index (χ1) is 8.75. The summed E-state index contributed by atoms with van der Waals surface area (Å²) in [7, 11) is 0. The minimum Gasteiger partial charge on any atom is -0.502 e. The van der Waals surface area contributed by atoms with Crippen LogP contribution in [0.1, 0.15) is 5.56 Å². The fourth-order valence-electron chi connectivity index (χ4n) is 2.03. The Bertz CT molecular complexity index is 692. The highest BCUT2D eigenvalue weighted by molar-refractivity contribution is 7.19. The Morgan fingerprint density at radius 3 is 2.50 bits per heavy atom. The van der Waals surface area contributed by atoms with Crippen LogP contribution in [0.3, 0.4) is 0 Å². The van der Waals surface area contributed by atoms with Crippen LogP contribution in [0, 0.1) is 0 Å². The molecule has 0 saturated carbocycles. The van der Waals surface area contributed by atoms with Crippen LogP contribution in [0.2, 0.25) is 0 Å². The lowest BCUT2D eigenvalue weighted by Crippen LogP contribution is -2.32. The number of benzene rings is 2. The summed E-state index contributed by atoms with van der Waals surface area (Å²) in [5.41, 5.74) is 1.77. The molecule has 0 aliphatic carbocycles. The van der Waals surface area contributed by atoms with Crippen molar-refractivity contribution in [3.63, 3.8) is 0 Å². The van der Waals surface area contributed by atoms with E-state index < -0.39 is 0 Å². The average Bonchev–Trinajstić information content (AvgIpc) is 2.69. The predicted octanol–water partition coefficient (Wildman–Crippen LogP) is 2.65. The Morgan fingerprint density at radius 2 is 1.72 bits per heavy atom. The van der Waals surface area contributed by atoms with Gasteiger partial charge in [-0.3, -0.25) is 0 Å². The average molecular weight is 258 g/mol. The number of thiazole rings is 1. The van der Waals surface area contributed by atoms with Gasteiger partial charge in [-0.15, -0.1) is 4.57 Å². The number of rotatable bonds is 2. The maximum atomic E-state index is 9.99. The molecule has 0 bridgehead atoms. The summed E-state index contributed by atoms with van der Waals surface area (Å²) in [5, 5.41) is 20.1. The number of aromatic nitrogens is 1. The van der Waals surface area contributed by atoms with Crippen molar-refractivity contribution in [1.82, 2.24) is 0 Å². The number of aromatic hydroxyl groups is 2. The number of hydrogen-bond acceptors (Lipinski definition) is 3. The van der Waals surface area contributed by atoms with Crippen LogP contribution in [-0.2, 0) is 6.54 Å². The highest BCUT2D eigenvalue weighted by Crippen LogP contribution is 2.30. The molecule has 0 unspecified atom stereocenters. The van der Waals surface area contributed by atoms with E-state index in [1.165, 1.54) is 11.3 Å². The van der Waals surface area contributed by atoms with Gasteiger partial charge in [0.05, 0.1) is 0 Å². The molecule has 90 valence electrons. The Labute approximate surface area is 108 Å². The number of fused-ring (bicyclic) bond motifs is 1. The topological polar surface area (TPSA) is 44.3 Å². The summed E-state index contributed by atoms with van der Waals surface area (Å²) >= 11 is 1.27. The highest BCUT2D eigenvalue weighted by Gasteiger charge is 2.23. The first-order valence-corrected chi connectivity index (χ1v) is 6.44. The standard InChI is InChI=1S/C14H11NO2S/c16-11-7-4-8-12-13(11)15(14(17)18-12)9-10-5-2-1-3-6-10/h1-8,16H,9H2/p+1. The van der Waals surface area contributed by atoms with Gasteiger partial charge >= 0.3 is 5.19 Å². The fraction of sp³-hybridized carbons (Fsp3) is 0.0714. The number of phenolic OH excluding ortho intramolecular Hbond substituents is 1. The molecule has 3 aromatic rings. The SMILES string of the molecule is Oc1cccc2sc(O)[n+](Cc3ccccc3)c12. The van der Waals surface area contributed by atoms with Crippen LogP contribution < -0.4 is 4.57 Å². The summed E-state index contributed by atoms with van der Waals surface area (Å²) in [4.78, 5) is 0. The second-order valence-corrected chi connectivity index (χ2v) is 5.09. The second kappa shape index (κ2) is 4.31. The smallest absolute Gasteiger partial charge is 0.429 e. The van der Waals surface area contributed by atoms with E-state index >= 15 is 0 Å². The van der Waals surface area contributed by atoms with E-state index in [4.69, 9.17) is 0 Å². The molecular formula is C14H12NO2S+. The van der Waals surface area contributed by atoms with E-state index in [0.29, 0.717) is 12.1 Å². The highest BCUT2D eigenvalue weighted by atomic mass is 32.1. The zero-order valence-electron chi connectivity index (χ0n) is 9.58. The summed E-state index contributed by atoms with van der Waals surface area (Å²) in [5.74, 6) is 0.194. The lowest BCUT2D eigenvalue weighted by atomic mass is 10.2. The molecule has 1 heterocycles. The number of para-hydroxylation sites is 1. The third-order valence-corrected chi connectivity index (χ3v) is 3.82. The quantitative estimate of drug-likeness (QED) is 0.694. The Balaban J connectivity index is 2.14. The van der Waals surface area contributed by atoms with Crippen molar-refractivity contribution >= 4 is 21.6 Å². The van der Waals surface area contributed by atoms with E-state index in [-0.39, 0.29) is 10.9 Å². The molecule has 0 atom stereocenters. The minimum atomic E-state index is 0.194. The molecule has 2 aromatic carbocycles. The molecule has 0 spiro atoms. The van der Waals surface area contributed by atoms with Gasteiger partial charge < -0.3 is 10.2 Å². The molecule has 0 aliphatic heterocycles. The molecule has 0 radical (unpaired) electrons. The molecule has 0 fully saturated rings. The van der Waals surface area contributed by atoms with Crippen LogP contribution in [0.5, 0.6) is 10.9 Å². The molecule has 0 saturated heterocycles. The van der Waals surface area contributed by atoms with Crippen molar-refractivity contribution in [2.24, 2.45) is 0 Å². The van der Waals surface area contributed by atoms with Crippen molar-refractivity contribution in [2.45, 2.75) is 6.54 Å². The van der Waals surface area contributed by atoms with Gasteiger partial charge in [0, 0.05) is 5.56 Å². The van der Waals surface area contributed by atoms with Crippen molar-refractivity contribution in [1.29, 1.82) is 0 Å². The maximum Gasteiger partial charge on any atom is 0.429 e. The van der Waals surface area contributed by atoms with Gasteiger partial charge in [0.25, 0.3) is 5.52 Å². The monoisotopic (exact) mass is 258 g/mol. The molecule has 1 aromatic heterocycles. The zero-order chi connectivity index (χ0) is 12.5. The Morgan fingerprint density at radius 1 is 0.944 bits per heavy atom. The largest absolute Gasteiger partial charge is 0.502 e. The van der Waals surface area contributed by atoms with Crippen LogP contribution in [0.25, 0.3) is 10.2 Å². The van der Waals surface area contributed by atoms with Crippen molar-refractivity contribution < 1.29 is 14.8 Å². The molecule has 0 amide bonds. The third-order valence-electron chi connectivity index (χ3n) is 2.86. The normalized spacial score (nSPS) is 10.9. The molecule has 2 N–H and O–H groups in total. The van der Waals surface area contributed by atoms with Gasteiger partial charge in [0.15, 0.2) is 12.3 Å². The van der Waals surface area contributed by atoms with Crippen LogP contribution >= 0.6 is 11.3 Å². The molecule has 4 heteroatoms. The number of nitrogens with zero attached hydrogens (tertiary/aromatic N) is 1. The van der Waals surface area contributed by atoms with Gasteiger partial charge in [0.1, 0.15) is 4.70 Å². The molecule has 3 rings (SSSR count). The Hall–Kier alpha value is -2.07. The number of phenols is 1. The molecule has 18 heavy (non-hydrogen) atoms. The summed E-state index contributed by atoms with van der Waals surface area (Å²) in [6.45, 7) is 0.546. The third kappa shape index (κ3) is 1.80. The maximum absolute atomic E-state index is 9.99. The first-order valence-electron chi connectivity index (χ1n) is 5.63. The van der Waals surface area contributed by atoms with E-state index in [2.05, 4.69) is 0 Å². The predicted molar refractivity (Wildman–Crippen MR) is 70.9 cm³/mol. The lowest BCUT2D eigenvalue weighted by Gasteiger charge is -1.97. The number of hydrogen-bond donors (Lipinski definition) is 2. The van der Waals surface area contributed by atoms with Crippen LogP contribution in [-0.4, -0.2) is 10.2 Å². The molecule has 3 nitrogen and oxygen atoms in total. The first kappa shape index (κ1) is 11.0. The van der Waals surface area contributed by atoms with E-state index in [1.807, 2.05) is 36.4 Å². The second-order valence-electron chi connectivity index (χ2n) is 4.08. The van der Waals surface area contributed by atoms with E-state index in [0.717, 1.165) is 10.3 Å². The van der Waals surface area contributed by atoms with Gasteiger partial charge in [-0.1, -0.05) is 36.4 Å². The summed E-state index contributed by atoms with van der Waals surface area (Å²) < 4.78 is 2.61. The zero-order valence-corrected chi connectivity index (χ0v) is 10.4. The van der Waals surface area contributed by atoms with Crippen molar-refractivity contribution in [3.05, 3.63) is 54.1 Å². The van der Waals surface area contributed by atoms with Gasteiger partial charge in [-0.2, -0.15) is 0 Å². The van der Waals surface area contributed by atoms with Gasteiger partial charge in [-0.25, -0.2) is 0 Å².